The Morgan fingerprint density at radius 1 is 1.04 bits per heavy atom. The Bertz CT molecular complexity index is 1340. The van der Waals surface area contributed by atoms with Crippen molar-refractivity contribution in [1.29, 1.82) is 0 Å². The van der Waals surface area contributed by atoms with E-state index in [4.69, 9.17) is 0 Å². The predicted octanol–water partition coefficient (Wildman–Crippen LogP) is 1.54. The number of hydrogen-bond acceptors (Lipinski definition) is 5. The van der Waals surface area contributed by atoms with Crippen molar-refractivity contribution in [3.05, 3.63) is 79.0 Å². The first kappa shape index (κ1) is 16.7. The molecule has 2 aromatic heterocycles. The Morgan fingerprint density at radius 3 is 2.48 bits per heavy atom. The first-order chi connectivity index (χ1) is 12.9. The van der Waals surface area contributed by atoms with Gasteiger partial charge in [0.25, 0.3) is 5.52 Å². The third kappa shape index (κ3) is 2.43. The fourth-order valence-corrected chi connectivity index (χ4v) is 3.36. The van der Waals surface area contributed by atoms with E-state index in [1.165, 1.54) is 23.2 Å². The fourth-order valence-electron chi connectivity index (χ4n) is 3.36. The van der Waals surface area contributed by atoms with Gasteiger partial charge in [0, 0.05) is 14.1 Å². The maximum Gasteiger partial charge on any atom is 0.437 e. The van der Waals surface area contributed by atoms with Gasteiger partial charge in [-0.2, -0.15) is 0 Å². The summed E-state index contributed by atoms with van der Waals surface area (Å²) < 4.78 is 3.41. The zero-order chi connectivity index (χ0) is 19.3. The molecule has 9 heteroatoms. The van der Waals surface area contributed by atoms with Crippen molar-refractivity contribution in [1.82, 2.24) is 18.7 Å². The lowest BCUT2D eigenvalue weighted by molar-refractivity contribution is -0.396. The van der Waals surface area contributed by atoms with Gasteiger partial charge in [-0.1, -0.05) is 47.4 Å². The minimum absolute atomic E-state index is 0.105. The van der Waals surface area contributed by atoms with Gasteiger partial charge in [-0.05, 0) is 21.3 Å². The summed E-state index contributed by atoms with van der Waals surface area (Å²) >= 11 is 0. The van der Waals surface area contributed by atoms with Gasteiger partial charge in [-0.25, -0.2) is 9.36 Å². The lowest BCUT2D eigenvalue weighted by Gasteiger charge is -2.08. The van der Waals surface area contributed by atoms with Crippen LogP contribution in [0.2, 0.25) is 0 Å². The number of hydrogen-bond donors (Lipinski definition) is 0. The average Bonchev–Trinajstić information content (AvgIpc) is 3.04. The molecular formula is C18H15N5O4. The van der Waals surface area contributed by atoms with Crippen LogP contribution < -0.4 is 11.2 Å². The van der Waals surface area contributed by atoms with E-state index in [1.54, 1.807) is 0 Å². The van der Waals surface area contributed by atoms with Crippen LogP contribution in [0.25, 0.3) is 21.9 Å². The SMILES string of the molecule is Cn1c(=O)c2nc([N+](=O)[O-])n(Cc3cccc4ccccc34)c2n(C)c1=O. The van der Waals surface area contributed by atoms with Crippen molar-refractivity contribution in [3.63, 3.8) is 0 Å². The Labute approximate surface area is 151 Å². The average molecular weight is 365 g/mol. The molecule has 0 atom stereocenters. The second-order valence-electron chi connectivity index (χ2n) is 6.27. The van der Waals surface area contributed by atoms with Crippen LogP contribution in [0, 0.1) is 10.1 Å². The number of aromatic nitrogens is 4. The second-order valence-corrected chi connectivity index (χ2v) is 6.27. The van der Waals surface area contributed by atoms with E-state index >= 15 is 0 Å². The molecular weight excluding hydrogens is 350 g/mol. The van der Waals surface area contributed by atoms with E-state index in [0.717, 1.165) is 20.9 Å². The van der Waals surface area contributed by atoms with E-state index < -0.39 is 22.1 Å². The van der Waals surface area contributed by atoms with Gasteiger partial charge in [0.2, 0.25) is 5.65 Å². The molecule has 0 unspecified atom stereocenters. The van der Waals surface area contributed by atoms with Crippen molar-refractivity contribution in [2.45, 2.75) is 6.54 Å². The molecule has 27 heavy (non-hydrogen) atoms. The van der Waals surface area contributed by atoms with Gasteiger partial charge < -0.3 is 10.1 Å². The molecule has 0 N–H and O–H groups in total. The minimum atomic E-state index is -0.659. The highest BCUT2D eigenvalue weighted by atomic mass is 16.6. The number of nitro groups is 1. The predicted molar refractivity (Wildman–Crippen MR) is 99.9 cm³/mol. The van der Waals surface area contributed by atoms with Gasteiger partial charge in [0.15, 0.2) is 0 Å². The zero-order valence-electron chi connectivity index (χ0n) is 14.6. The van der Waals surface area contributed by atoms with E-state index in [-0.39, 0.29) is 17.7 Å². The van der Waals surface area contributed by atoms with Crippen LogP contribution in [0.3, 0.4) is 0 Å². The van der Waals surface area contributed by atoms with Crippen molar-refractivity contribution in [3.8, 4) is 0 Å². The van der Waals surface area contributed by atoms with Crippen LogP contribution in [0.4, 0.5) is 5.95 Å². The smallest absolute Gasteiger partial charge is 0.390 e. The van der Waals surface area contributed by atoms with Crippen molar-refractivity contribution in [2.75, 3.05) is 0 Å². The molecule has 9 nitrogen and oxygen atoms in total. The van der Waals surface area contributed by atoms with Crippen LogP contribution in [0.15, 0.2) is 52.1 Å². The molecule has 0 spiro atoms. The van der Waals surface area contributed by atoms with E-state index in [9.17, 15) is 19.7 Å². The normalized spacial score (nSPS) is 11.3. The summed E-state index contributed by atoms with van der Waals surface area (Å²) in [5.41, 5.74) is -0.382. The van der Waals surface area contributed by atoms with Gasteiger partial charge in [0.1, 0.15) is 0 Å². The lowest BCUT2D eigenvalue weighted by atomic mass is 10.0. The third-order valence-electron chi connectivity index (χ3n) is 4.69. The highest BCUT2D eigenvalue weighted by Crippen LogP contribution is 2.24. The summed E-state index contributed by atoms with van der Waals surface area (Å²) in [7, 11) is 2.79. The molecule has 4 rings (SSSR count). The number of rotatable bonds is 3. The van der Waals surface area contributed by atoms with Crippen LogP contribution in [0.1, 0.15) is 5.56 Å². The summed E-state index contributed by atoms with van der Waals surface area (Å²) in [6.45, 7) is 0.106. The maximum atomic E-state index is 12.4. The molecule has 0 aliphatic carbocycles. The fraction of sp³-hybridized carbons (Fsp3) is 0.167. The standard InChI is InChI=1S/C18H15N5O4/c1-20-15-14(16(24)21(2)18(20)25)19-17(23(26)27)22(15)10-12-8-5-7-11-6-3-4-9-13(11)12/h3-9H,10H2,1-2H3. The number of imidazole rings is 1. The first-order valence-corrected chi connectivity index (χ1v) is 8.17. The Balaban J connectivity index is 2.06. The van der Waals surface area contributed by atoms with Crippen LogP contribution in [0.5, 0.6) is 0 Å². The van der Waals surface area contributed by atoms with Gasteiger partial charge in [-0.15, -0.1) is 0 Å². The summed E-state index contributed by atoms with van der Waals surface area (Å²) in [4.78, 5) is 39.6. The second kappa shape index (κ2) is 5.90. The summed E-state index contributed by atoms with van der Waals surface area (Å²) in [5.74, 6) is -0.476. The highest BCUT2D eigenvalue weighted by Gasteiger charge is 2.28. The number of benzene rings is 2. The topological polar surface area (TPSA) is 105 Å². The van der Waals surface area contributed by atoms with Gasteiger partial charge >= 0.3 is 17.2 Å². The Kier molecular flexibility index (Phi) is 3.65. The molecule has 2 aromatic carbocycles. The first-order valence-electron chi connectivity index (χ1n) is 8.17. The van der Waals surface area contributed by atoms with Crippen molar-refractivity contribution < 1.29 is 4.92 Å². The van der Waals surface area contributed by atoms with Gasteiger partial charge in [-0.3, -0.25) is 13.9 Å². The molecule has 136 valence electrons. The molecule has 0 saturated heterocycles. The molecule has 4 aromatic rings. The summed E-state index contributed by atoms with van der Waals surface area (Å²) in [5, 5.41) is 13.5. The van der Waals surface area contributed by atoms with E-state index in [0.29, 0.717) is 0 Å². The molecule has 0 aliphatic rings. The molecule has 0 bridgehead atoms. The maximum absolute atomic E-state index is 12.4. The van der Waals surface area contributed by atoms with Crippen molar-refractivity contribution >= 4 is 27.9 Å². The highest BCUT2D eigenvalue weighted by molar-refractivity contribution is 5.86. The van der Waals surface area contributed by atoms with Crippen LogP contribution >= 0.6 is 0 Å². The lowest BCUT2D eigenvalue weighted by Crippen LogP contribution is -2.37. The summed E-state index contributed by atoms with van der Waals surface area (Å²) in [6.07, 6.45) is 0. The van der Waals surface area contributed by atoms with Gasteiger partial charge in [0.05, 0.1) is 6.54 Å². The number of aryl methyl sites for hydroxylation is 1. The monoisotopic (exact) mass is 365 g/mol. The summed E-state index contributed by atoms with van der Waals surface area (Å²) in [6, 6.07) is 13.3. The minimum Gasteiger partial charge on any atom is -0.390 e. The molecule has 0 fully saturated rings. The molecule has 0 radical (unpaired) electrons. The third-order valence-corrected chi connectivity index (χ3v) is 4.69. The molecule has 0 amide bonds. The molecule has 2 heterocycles. The Morgan fingerprint density at radius 2 is 1.74 bits per heavy atom. The number of fused-ring (bicyclic) bond motifs is 2. The van der Waals surface area contributed by atoms with Crippen molar-refractivity contribution in [2.24, 2.45) is 14.1 Å². The van der Waals surface area contributed by atoms with E-state index in [1.807, 2.05) is 42.5 Å². The van der Waals surface area contributed by atoms with E-state index in [2.05, 4.69) is 4.98 Å². The molecule has 0 aliphatic heterocycles. The van der Waals surface area contributed by atoms with Crippen LogP contribution in [-0.4, -0.2) is 23.6 Å². The quantitative estimate of drug-likeness (QED) is 0.404. The zero-order valence-corrected chi connectivity index (χ0v) is 14.6. The Hall–Kier alpha value is -3.75. The molecule has 0 saturated carbocycles. The largest absolute Gasteiger partial charge is 0.437 e. The van der Waals surface area contributed by atoms with Crippen LogP contribution in [-0.2, 0) is 20.6 Å². The number of nitrogens with zero attached hydrogens (tertiary/aromatic N) is 5.